The van der Waals surface area contributed by atoms with Gasteiger partial charge in [-0.2, -0.15) is 0 Å². The lowest BCUT2D eigenvalue weighted by molar-refractivity contribution is 0.0937. The highest BCUT2D eigenvalue weighted by Crippen LogP contribution is 2.40. The van der Waals surface area contributed by atoms with Gasteiger partial charge in [-0.25, -0.2) is 0 Å². The molecule has 0 spiro atoms. The van der Waals surface area contributed by atoms with Crippen LogP contribution in [-0.4, -0.2) is 32.3 Å². The number of carbonyl (C=O) groups excluding carboxylic acids is 1. The Labute approximate surface area is 134 Å². The maximum Gasteiger partial charge on any atom is 0.251 e. The van der Waals surface area contributed by atoms with Crippen LogP contribution in [0.2, 0.25) is 0 Å². The molecule has 23 heavy (non-hydrogen) atoms. The van der Waals surface area contributed by atoms with E-state index in [0.717, 1.165) is 5.76 Å². The fraction of sp³-hybridized carbons (Fsp3) is 0.353. The van der Waals surface area contributed by atoms with Crippen LogP contribution in [0.3, 0.4) is 0 Å². The van der Waals surface area contributed by atoms with Crippen molar-refractivity contribution < 1.29 is 23.4 Å². The molecule has 0 unspecified atom stereocenters. The van der Waals surface area contributed by atoms with Crippen molar-refractivity contribution in [2.45, 2.75) is 19.4 Å². The van der Waals surface area contributed by atoms with Crippen molar-refractivity contribution in [3.8, 4) is 17.2 Å². The van der Waals surface area contributed by atoms with Crippen LogP contribution in [0.1, 0.15) is 23.0 Å². The quantitative estimate of drug-likeness (QED) is 0.917. The average molecular weight is 317 g/mol. The fourth-order valence-corrected chi connectivity index (χ4v) is 2.49. The molecule has 2 aromatic rings. The summed E-state index contributed by atoms with van der Waals surface area (Å²) in [6.07, 6.45) is 2.25. The Balaban J connectivity index is 1.74. The van der Waals surface area contributed by atoms with Crippen molar-refractivity contribution in [1.82, 2.24) is 5.32 Å². The highest BCUT2D eigenvalue weighted by molar-refractivity contribution is 5.95. The molecule has 0 aliphatic carbocycles. The van der Waals surface area contributed by atoms with Crippen LogP contribution < -0.4 is 19.5 Å². The Kier molecular flexibility index (Phi) is 4.41. The minimum atomic E-state index is -0.195. The van der Waals surface area contributed by atoms with Gasteiger partial charge >= 0.3 is 0 Å². The number of benzene rings is 1. The highest BCUT2D eigenvalue weighted by atomic mass is 16.6. The summed E-state index contributed by atoms with van der Waals surface area (Å²) in [6, 6.07) is 6.98. The number of nitrogens with one attached hydrogen (secondary N) is 1. The van der Waals surface area contributed by atoms with Crippen molar-refractivity contribution in [2.75, 3.05) is 20.3 Å². The lowest BCUT2D eigenvalue weighted by atomic mass is 10.1. The van der Waals surface area contributed by atoms with Crippen LogP contribution in [0, 0.1) is 0 Å². The van der Waals surface area contributed by atoms with Gasteiger partial charge in [0.05, 0.1) is 13.4 Å². The van der Waals surface area contributed by atoms with Gasteiger partial charge < -0.3 is 23.9 Å². The van der Waals surface area contributed by atoms with Crippen molar-refractivity contribution in [2.24, 2.45) is 0 Å². The van der Waals surface area contributed by atoms with E-state index >= 15 is 0 Å². The Morgan fingerprint density at radius 2 is 2.17 bits per heavy atom. The predicted molar refractivity (Wildman–Crippen MR) is 83.3 cm³/mol. The first-order chi connectivity index (χ1) is 11.2. The van der Waals surface area contributed by atoms with Gasteiger partial charge in [0.25, 0.3) is 5.91 Å². The van der Waals surface area contributed by atoms with Gasteiger partial charge in [-0.05, 0) is 31.2 Å². The molecule has 0 fully saturated rings. The van der Waals surface area contributed by atoms with E-state index in [1.54, 1.807) is 18.4 Å². The predicted octanol–water partition coefficient (Wildman–Crippen LogP) is 2.42. The summed E-state index contributed by atoms with van der Waals surface area (Å²) < 4.78 is 21.7. The highest BCUT2D eigenvalue weighted by Gasteiger charge is 2.21. The summed E-state index contributed by atoms with van der Waals surface area (Å²) in [4.78, 5) is 12.4. The minimum absolute atomic E-state index is 0.0622. The number of hydrogen-bond donors (Lipinski definition) is 1. The smallest absolute Gasteiger partial charge is 0.251 e. The Hall–Kier alpha value is -2.63. The molecule has 1 atom stereocenters. The van der Waals surface area contributed by atoms with Gasteiger partial charge in [-0.3, -0.25) is 4.79 Å². The van der Waals surface area contributed by atoms with Crippen molar-refractivity contribution in [3.63, 3.8) is 0 Å². The summed E-state index contributed by atoms with van der Waals surface area (Å²) in [6.45, 7) is 2.85. The van der Waals surface area contributed by atoms with Gasteiger partial charge in [0.2, 0.25) is 5.75 Å². The molecule has 0 saturated heterocycles. The number of carbonyl (C=O) groups is 1. The topological polar surface area (TPSA) is 69.9 Å². The zero-order valence-electron chi connectivity index (χ0n) is 13.1. The van der Waals surface area contributed by atoms with Crippen LogP contribution in [0.4, 0.5) is 0 Å². The van der Waals surface area contributed by atoms with E-state index in [4.69, 9.17) is 18.6 Å². The SMILES string of the molecule is COc1cc(C(=O)N[C@H](C)Cc2ccco2)cc2c1OCCO2. The maximum absolute atomic E-state index is 12.4. The zero-order chi connectivity index (χ0) is 16.2. The Morgan fingerprint density at radius 3 is 2.91 bits per heavy atom. The normalized spacial score (nSPS) is 14.2. The number of methoxy groups -OCH3 is 1. The van der Waals surface area contributed by atoms with E-state index in [-0.39, 0.29) is 11.9 Å². The molecule has 0 bridgehead atoms. The van der Waals surface area contributed by atoms with E-state index < -0.39 is 0 Å². The number of furan rings is 1. The standard InChI is InChI=1S/C17H19NO5/c1-11(8-13-4-3-5-21-13)18-17(19)12-9-14(20-2)16-15(10-12)22-6-7-23-16/h3-5,9-11H,6-8H2,1-2H3,(H,18,19)/t11-/m1/s1. The van der Waals surface area contributed by atoms with Crippen molar-refractivity contribution in [1.29, 1.82) is 0 Å². The lowest BCUT2D eigenvalue weighted by Gasteiger charge is -2.21. The zero-order valence-corrected chi connectivity index (χ0v) is 13.1. The first-order valence-electron chi connectivity index (χ1n) is 7.48. The molecule has 122 valence electrons. The van der Waals surface area contributed by atoms with Gasteiger partial charge in [0.1, 0.15) is 19.0 Å². The molecule has 1 aromatic carbocycles. The minimum Gasteiger partial charge on any atom is -0.493 e. The van der Waals surface area contributed by atoms with E-state index in [9.17, 15) is 4.79 Å². The number of ether oxygens (including phenoxy) is 3. The van der Waals surface area contributed by atoms with Crippen molar-refractivity contribution >= 4 is 5.91 Å². The summed E-state index contributed by atoms with van der Waals surface area (Å²) in [7, 11) is 1.54. The number of rotatable bonds is 5. The lowest BCUT2D eigenvalue weighted by Crippen LogP contribution is -2.34. The van der Waals surface area contributed by atoms with Crippen LogP contribution in [0.25, 0.3) is 0 Å². The van der Waals surface area contributed by atoms with Crippen LogP contribution in [0.15, 0.2) is 34.9 Å². The fourth-order valence-electron chi connectivity index (χ4n) is 2.49. The third kappa shape index (κ3) is 3.41. The largest absolute Gasteiger partial charge is 0.493 e. The second kappa shape index (κ2) is 6.64. The molecule has 1 aliphatic rings. The van der Waals surface area contributed by atoms with E-state index in [2.05, 4.69) is 5.32 Å². The molecule has 6 heteroatoms. The van der Waals surface area contributed by atoms with Crippen LogP contribution >= 0.6 is 0 Å². The second-order valence-electron chi connectivity index (χ2n) is 5.36. The van der Waals surface area contributed by atoms with Gasteiger partial charge in [0.15, 0.2) is 11.5 Å². The van der Waals surface area contributed by atoms with Crippen LogP contribution in [-0.2, 0) is 6.42 Å². The van der Waals surface area contributed by atoms with Gasteiger partial charge in [-0.1, -0.05) is 0 Å². The third-order valence-corrected chi connectivity index (χ3v) is 3.56. The first-order valence-corrected chi connectivity index (χ1v) is 7.48. The van der Waals surface area contributed by atoms with Crippen molar-refractivity contribution in [3.05, 3.63) is 41.9 Å². The summed E-state index contributed by atoms with van der Waals surface area (Å²) in [5.41, 5.74) is 0.470. The molecular formula is C17H19NO5. The third-order valence-electron chi connectivity index (χ3n) is 3.56. The molecule has 6 nitrogen and oxygen atoms in total. The summed E-state index contributed by atoms with van der Waals surface area (Å²) in [5.74, 6) is 2.20. The number of amides is 1. The average Bonchev–Trinajstić information content (AvgIpc) is 3.06. The number of fused-ring (bicyclic) bond motifs is 1. The Morgan fingerprint density at radius 1 is 1.35 bits per heavy atom. The maximum atomic E-state index is 12.4. The molecule has 1 aromatic heterocycles. The first kappa shape index (κ1) is 15.3. The molecule has 2 heterocycles. The van der Waals surface area contributed by atoms with Gasteiger partial charge in [0, 0.05) is 18.0 Å². The van der Waals surface area contributed by atoms with Gasteiger partial charge in [-0.15, -0.1) is 0 Å². The second-order valence-corrected chi connectivity index (χ2v) is 5.36. The van der Waals surface area contributed by atoms with E-state index in [1.165, 1.54) is 7.11 Å². The van der Waals surface area contributed by atoms with Crippen LogP contribution in [0.5, 0.6) is 17.2 Å². The van der Waals surface area contributed by atoms with E-state index in [1.807, 2.05) is 19.1 Å². The Bertz CT molecular complexity index is 663. The monoisotopic (exact) mass is 317 g/mol. The molecule has 1 aliphatic heterocycles. The molecular weight excluding hydrogens is 298 g/mol. The van der Waals surface area contributed by atoms with E-state index in [0.29, 0.717) is 42.4 Å². The molecule has 1 amide bonds. The molecule has 0 saturated carbocycles. The summed E-state index contributed by atoms with van der Waals surface area (Å²) >= 11 is 0. The molecule has 3 rings (SSSR count). The number of hydrogen-bond acceptors (Lipinski definition) is 5. The summed E-state index contributed by atoms with van der Waals surface area (Å²) in [5, 5.41) is 2.94. The molecule has 0 radical (unpaired) electrons. The molecule has 1 N–H and O–H groups in total.